The van der Waals surface area contributed by atoms with E-state index in [-0.39, 0.29) is 0 Å². The SMILES string of the molecule is COc1cc2c(Nc3ccc(-c4ccccc4C(N)=O)cc3Cl)ncnc2cc1OCC1CCN(C)CC1. The van der Waals surface area contributed by atoms with Gasteiger partial charge in [-0.15, -0.1) is 0 Å². The molecule has 1 aliphatic rings. The number of benzene rings is 3. The number of nitrogens with two attached hydrogens (primary N) is 1. The van der Waals surface area contributed by atoms with E-state index in [9.17, 15) is 4.79 Å². The van der Waals surface area contributed by atoms with Crippen molar-refractivity contribution >= 4 is 39.9 Å². The number of aromatic nitrogens is 2. The van der Waals surface area contributed by atoms with Gasteiger partial charge < -0.3 is 25.4 Å². The molecule has 0 aliphatic carbocycles. The van der Waals surface area contributed by atoms with Crippen molar-refractivity contribution in [2.24, 2.45) is 11.7 Å². The van der Waals surface area contributed by atoms with E-state index in [0.29, 0.717) is 46.1 Å². The first kappa shape index (κ1) is 25.8. The minimum Gasteiger partial charge on any atom is -0.493 e. The maximum atomic E-state index is 11.9. The van der Waals surface area contributed by atoms with E-state index >= 15 is 0 Å². The van der Waals surface area contributed by atoms with Gasteiger partial charge >= 0.3 is 0 Å². The van der Waals surface area contributed by atoms with E-state index in [1.165, 1.54) is 6.33 Å². The molecule has 0 radical (unpaired) electrons. The van der Waals surface area contributed by atoms with Gasteiger partial charge in [0.05, 0.1) is 29.9 Å². The lowest BCUT2D eigenvalue weighted by molar-refractivity contribution is 0.100. The second kappa shape index (κ2) is 11.2. The Balaban J connectivity index is 1.39. The van der Waals surface area contributed by atoms with E-state index in [4.69, 9.17) is 26.8 Å². The van der Waals surface area contributed by atoms with E-state index < -0.39 is 5.91 Å². The average molecular weight is 532 g/mol. The van der Waals surface area contributed by atoms with Gasteiger partial charge in [-0.25, -0.2) is 9.97 Å². The van der Waals surface area contributed by atoms with Crippen LogP contribution in [0.25, 0.3) is 22.0 Å². The molecule has 2 heterocycles. The van der Waals surface area contributed by atoms with Crippen LogP contribution in [0.3, 0.4) is 0 Å². The molecule has 1 aliphatic heterocycles. The second-order valence-corrected chi connectivity index (χ2v) is 9.94. The van der Waals surface area contributed by atoms with E-state index in [0.717, 1.165) is 48.0 Å². The number of piperidine rings is 1. The molecular weight excluding hydrogens is 502 g/mol. The molecule has 1 amide bonds. The first-order valence-corrected chi connectivity index (χ1v) is 12.9. The Bertz CT molecular complexity index is 1470. The smallest absolute Gasteiger partial charge is 0.249 e. The largest absolute Gasteiger partial charge is 0.493 e. The highest BCUT2D eigenvalue weighted by molar-refractivity contribution is 6.33. The summed E-state index contributed by atoms with van der Waals surface area (Å²) in [7, 11) is 3.78. The summed E-state index contributed by atoms with van der Waals surface area (Å²) in [4.78, 5) is 23.1. The summed E-state index contributed by atoms with van der Waals surface area (Å²) < 4.78 is 11.8. The van der Waals surface area contributed by atoms with Crippen molar-refractivity contribution in [1.29, 1.82) is 0 Å². The van der Waals surface area contributed by atoms with Crippen LogP contribution in [0.4, 0.5) is 11.5 Å². The van der Waals surface area contributed by atoms with Gasteiger partial charge in [-0.05, 0) is 74.3 Å². The van der Waals surface area contributed by atoms with Crippen molar-refractivity contribution in [1.82, 2.24) is 14.9 Å². The topological polar surface area (TPSA) is 103 Å². The Kier molecular flexibility index (Phi) is 7.62. The molecule has 9 heteroatoms. The molecule has 196 valence electrons. The molecule has 8 nitrogen and oxygen atoms in total. The quantitative estimate of drug-likeness (QED) is 0.308. The zero-order chi connectivity index (χ0) is 26.6. The minimum atomic E-state index is -0.491. The summed E-state index contributed by atoms with van der Waals surface area (Å²) in [6.07, 6.45) is 3.75. The monoisotopic (exact) mass is 531 g/mol. The Hall–Kier alpha value is -3.88. The minimum absolute atomic E-state index is 0.437. The molecule has 0 bridgehead atoms. The summed E-state index contributed by atoms with van der Waals surface area (Å²) >= 11 is 6.65. The highest BCUT2D eigenvalue weighted by Crippen LogP contribution is 2.37. The molecule has 38 heavy (non-hydrogen) atoms. The highest BCUT2D eigenvalue weighted by atomic mass is 35.5. The van der Waals surface area contributed by atoms with Crippen LogP contribution < -0.4 is 20.5 Å². The molecule has 4 aromatic rings. The van der Waals surface area contributed by atoms with E-state index in [1.807, 2.05) is 36.4 Å². The number of carbonyl (C=O) groups excluding carboxylic acids is 1. The van der Waals surface area contributed by atoms with Gasteiger partial charge in [-0.1, -0.05) is 35.9 Å². The standard InChI is InChI=1S/C29H30ClN5O3/c1-35-11-9-18(10-12-35)16-38-27-15-25-22(14-26(27)37-2)29(33-17-32-25)34-24-8-7-19(13-23(24)30)20-5-3-4-6-21(20)28(31)36/h3-8,13-15,17-18H,9-12,16H2,1-2H3,(H2,31,36)(H,32,33,34). The van der Waals surface area contributed by atoms with Crippen molar-refractivity contribution < 1.29 is 14.3 Å². The molecule has 5 rings (SSSR count). The fourth-order valence-corrected chi connectivity index (χ4v) is 4.96. The summed E-state index contributed by atoms with van der Waals surface area (Å²) in [6.45, 7) is 2.82. The van der Waals surface area contributed by atoms with Gasteiger partial charge in [0.2, 0.25) is 5.91 Å². The molecule has 0 spiro atoms. The van der Waals surface area contributed by atoms with Crippen LogP contribution in [-0.2, 0) is 0 Å². The lowest BCUT2D eigenvalue weighted by Crippen LogP contribution is -2.32. The van der Waals surface area contributed by atoms with Crippen LogP contribution in [0.1, 0.15) is 23.2 Å². The van der Waals surface area contributed by atoms with Gasteiger partial charge in [-0.3, -0.25) is 4.79 Å². The maximum Gasteiger partial charge on any atom is 0.249 e. The van der Waals surface area contributed by atoms with Crippen LogP contribution in [0, 0.1) is 5.92 Å². The van der Waals surface area contributed by atoms with E-state index in [2.05, 4.69) is 27.2 Å². The van der Waals surface area contributed by atoms with Crippen molar-refractivity contribution in [3.8, 4) is 22.6 Å². The molecular formula is C29H30ClN5O3. The number of rotatable bonds is 8. The number of nitrogens with one attached hydrogen (secondary N) is 1. The predicted molar refractivity (Wildman–Crippen MR) is 150 cm³/mol. The number of methoxy groups -OCH3 is 1. The zero-order valence-electron chi connectivity index (χ0n) is 21.4. The van der Waals surface area contributed by atoms with Gasteiger partial charge in [0.15, 0.2) is 11.5 Å². The number of carbonyl (C=O) groups is 1. The lowest BCUT2D eigenvalue weighted by atomic mass is 9.98. The van der Waals surface area contributed by atoms with Crippen molar-refractivity contribution in [3.05, 3.63) is 71.5 Å². The number of ether oxygens (including phenoxy) is 2. The average Bonchev–Trinajstić information content (AvgIpc) is 2.93. The normalized spacial score (nSPS) is 14.4. The third-order valence-electron chi connectivity index (χ3n) is 6.96. The van der Waals surface area contributed by atoms with Crippen LogP contribution in [0.5, 0.6) is 11.5 Å². The van der Waals surface area contributed by atoms with Crippen LogP contribution in [-0.4, -0.2) is 54.6 Å². The molecule has 1 aromatic heterocycles. The number of amides is 1. The van der Waals surface area contributed by atoms with Gasteiger partial charge in [0, 0.05) is 17.0 Å². The Morgan fingerprint density at radius 1 is 1.11 bits per heavy atom. The summed E-state index contributed by atoms with van der Waals surface area (Å²) in [5, 5.41) is 4.56. The van der Waals surface area contributed by atoms with Crippen LogP contribution >= 0.6 is 11.6 Å². The lowest BCUT2D eigenvalue weighted by Gasteiger charge is -2.28. The number of primary amides is 1. The fourth-order valence-electron chi connectivity index (χ4n) is 4.73. The number of fused-ring (bicyclic) bond motifs is 1. The highest BCUT2D eigenvalue weighted by Gasteiger charge is 2.19. The summed E-state index contributed by atoms with van der Waals surface area (Å²) in [5.74, 6) is 1.90. The number of halogens is 1. The molecule has 1 saturated heterocycles. The molecule has 0 atom stereocenters. The maximum absolute atomic E-state index is 11.9. The van der Waals surface area contributed by atoms with Crippen molar-refractivity contribution in [2.75, 3.05) is 39.2 Å². The molecule has 3 N–H and O–H groups in total. The number of anilines is 2. The number of nitrogens with zero attached hydrogens (tertiary/aromatic N) is 3. The van der Waals surface area contributed by atoms with Crippen molar-refractivity contribution in [2.45, 2.75) is 12.8 Å². The fraction of sp³-hybridized carbons (Fsp3) is 0.276. The van der Waals surface area contributed by atoms with Gasteiger partial charge in [0.1, 0.15) is 12.1 Å². The second-order valence-electron chi connectivity index (χ2n) is 9.53. The Labute approximate surface area is 226 Å². The molecule has 0 unspecified atom stereocenters. The number of hydrogen-bond donors (Lipinski definition) is 2. The van der Waals surface area contributed by atoms with Gasteiger partial charge in [-0.2, -0.15) is 0 Å². The number of hydrogen-bond acceptors (Lipinski definition) is 7. The summed E-state index contributed by atoms with van der Waals surface area (Å²) in [6, 6.07) is 16.5. The van der Waals surface area contributed by atoms with Crippen LogP contribution in [0.2, 0.25) is 5.02 Å². The van der Waals surface area contributed by atoms with Gasteiger partial charge in [0.25, 0.3) is 0 Å². The first-order chi connectivity index (χ1) is 18.4. The zero-order valence-corrected chi connectivity index (χ0v) is 22.2. The van der Waals surface area contributed by atoms with Crippen molar-refractivity contribution in [3.63, 3.8) is 0 Å². The predicted octanol–water partition coefficient (Wildman–Crippen LogP) is 5.52. The third-order valence-corrected chi connectivity index (χ3v) is 7.27. The molecule has 0 saturated carbocycles. The van der Waals surface area contributed by atoms with Crippen LogP contribution in [0.15, 0.2) is 60.9 Å². The first-order valence-electron chi connectivity index (χ1n) is 12.5. The molecule has 3 aromatic carbocycles. The van der Waals surface area contributed by atoms with E-state index in [1.54, 1.807) is 25.3 Å². The Morgan fingerprint density at radius 2 is 1.89 bits per heavy atom. The third kappa shape index (κ3) is 5.51. The molecule has 1 fully saturated rings. The summed E-state index contributed by atoms with van der Waals surface area (Å²) in [5.41, 5.74) is 8.88. The number of likely N-dealkylation sites (tertiary alicyclic amines) is 1. The Morgan fingerprint density at radius 3 is 2.63 bits per heavy atom.